The molecule has 21 heavy (non-hydrogen) atoms. The van der Waals surface area contributed by atoms with Gasteiger partial charge in [-0.3, -0.25) is 9.78 Å². The van der Waals surface area contributed by atoms with Crippen LogP contribution in [-0.4, -0.2) is 24.0 Å². The Hall–Kier alpha value is -1.65. The summed E-state index contributed by atoms with van der Waals surface area (Å²) in [6.45, 7) is 2.10. The molecule has 1 aliphatic heterocycles. The van der Waals surface area contributed by atoms with Crippen molar-refractivity contribution in [1.82, 2.24) is 10.3 Å². The zero-order chi connectivity index (χ0) is 14.7. The van der Waals surface area contributed by atoms with Gasteiger partial charge in [-0.1, -0.05) is 11.6 Å². The normalized spacial score (nSPS) is 18.0. The second-order valence-corrected chi connectivity index (χ2v) is 5.85. The van der Waals surface area contributed by atoms with E-state index < -0.39 is 0 Å². The highest BCUT2D eigenvalue weighted by molar-refractivity contribution is 6.35. The molecule has 1 unspecified atom stereocenters. The lowest BCUT2D eigenvalue weighted by Crippen LogP contribution is -2.15. The molecular weight excluding hydrogens is 286 g/mol. The van der Waals surface area contributed by atoms with Gasteiger partial charge in [-0.25, -0.2) is 0 Å². The van der Waals surface area contributed by atoms with E-state index in [1.54, 1.807) is 12.3 Å². The molecule has 1 aromatic heterocycles. The molecule has 1 aromatic carbocycles. The number of rotatable bonds is 4. The number of pyridine rings is 1. The van der Waals surface area contributed by atoms with E-state index in [4.69, 9.17) is 11.6 Å². The van der Waals surface area contributed by atoms with E-state index in [0.717, 1.165) is 36.1 Å². The molecule has 0 radical (unpaired) electrons. The van der Waals surface area contributed by atoms with Crippen LogP contribution in [0.25, 0.3) is 10.9 Å². The second kappa shape index (κ2) is 6.41. The molecule has 2 heterocycles. The summed E-state index contributed by atoms with van der Waals surface area (Å²) in [7, 11) is 0. The SMILES string of the molecule is O=C(CCC1CCNC1)Nc1ccc(Cl)c2ncccc12. The molecular formula is C16H18ClN3O. The Morgan fingerprint density at radius 3 is 3.14 bits per heavy atom. The largest absolute Gasteiger partial charge is 0.325 e. The molecule has 5 heteroatoms. The number of nitrogens with one attached hydrogen (secondary N) is 2. The molecule has 2 aromatic rings. The Labute approximate surface area is 128 Å². The Balaban J connectivity index is 1.69. The quantitative estimate of drug-likeness (QED) is 0.912. The Morgan fingerprint density at radius 2 is 2.33 bits per heavy atom. The fourth-order valence-corrected chi connectivity index (χ4v) is 2.97. The van der Waals surface area contributed by atoms with Crippen molar-refractivity contribution in [2.24, 2.45) is 5.92 Å². The molecule has 4 nitrogen and oxygen atoms in total. The minimum Gasteiger partial charge on any atom is -0.325 e. The van der Waals surface area contributed by atoms with Crippen LogP contribution in [0.3, 0.4) is 0 Å². The maximum atomic E-state index is 12.1. The Kier molecular flexibility index (Phi) is 4.36. The summed E-state index contributed by atoms with van der Waals surface area (Å²) in [5, 5.41) is 7.77. The summed E-state index contributed by atoms with van der Waals surface area (Å²) in [5.41, 5.74) is 1.49. The van der Waals surface area contributed by atoms with Gasteiger partial charge >= 0.3 is 0 Å². The van der Waals surface area contributed by atoms with Crippen LogP contribution < -0.4 is 10.6 Å². The van der Waals surface area contributed by atoms with Crippen molar-refractivity contribution >= 4 is 34.1 Å². The van der Waals surface area contributed by atoms with Crippen LogP contribution in [0.1, 0.15) is 19.3 Å². The molecule has 0 saturated carbocycles. The number of carbonyl (C=O) groups excluding carboxylic acids is 1. The van der Waals surface area contributed by atoms with E-state index in [1.165, 1.54) is 6.42 Å². The molecule has 1 atom stereocenters. The third-order valence-corrected chi connectivity index (χ3v) is 4.24. The predicted molar refractivity (Wildman–Crippen MR) is 85.6 cm³/mol. The number of amides is 1. The first-order valence-corrected chi connectivity index (χ1v) is 7.65. The van der Waals surface area contributed by atoms with Crippen LogP contribution >= 0.6 is 11.6 Å². The number of benzene rings is 1. The maximum Gasteiger partial charge on any atom is 0.224 e. The molecule has 2 N–H and O–H groups in total. The molecule has 1 saturated heterocycles. The van der Waals surface area contributed by atoms with Crippen LogP contribution in [-0.2, 0) is 4.79 Å². The third-order valence-electron chi connectivity index (χ3n) is 3.94. The van der Waals surface area contributed by atoms with Crippen LogP contribution in [0.2, 0.25) is 5.02 Å². The van der Waals surface area contributed by atoms with Gasteiger partial charge in [-0.2, -0.15) is 0 Å². The van der Waals surface area contributed by atoms with E-state index in [1.807, 2.05) is 18.2 Å². The van der Waals surface area contributed by atoms with Crippen molar-refractivity contribution in [3.05, 3.63) is 35.5 Å². The number of fused-ring (bicyclic) bond motifs is 1. The Bertz CT molecular complexity index is 653. The van der Waals surface area contributed by atoms with E-state index in [0.29, 0.717) is 17.4 Å². The first-order valence-electron chi connectivity index (χ1n) is 7.28. The molecule has 110 valence electrons. The van der Waals surface area contributed by atoms with Crippen molar-refractivity contribution in [2.45, 2.75) is 19.3 Å². The van der Waals surface area contributed by atoms with Gasteiger partial charge in [0.25, 0.3) is 0 Å². The summed E-state index contributed by atoms with van der Waals surface area (Å²) < 4.78 is 0. The van der Waals surface area contributed by atoms with E-state index in [9.17, 15) is 4.79 Å². The van der Waals surface area contributed by atoms with Gasteiger partial charge in [0, 0.05) is 18.0 Å². The third kappa shape index (κ3) is 3.34. The first kappa shape index (κ1) is 14.3. The number of anilines is 1. The highest BCUT2D eigenvalue weighted by Crippen LogP contribution is 2.28. The molecule has 1 aliphatic rings. The lowest BCUT2D eigenvalue weighted by molar-refractivity contribution is -0.116. The number of hydrogen-bond donors (Lipinski definition) is 2. The van der Waals surface area contributed by atoms with E-state index in [2.05, 4.69) is 15.6 Å². The van der Waals surface area contributed by atoms with Gasteiger partial charge in [-0.05, 0) is 56.1 Å². The summed E-state index contributed by atoms with van der Waals surface area (Å²) in [5.74, 6) is 0.675. The smallest absolute Gasteiger partial charge is 0.224 e. The van der Waals surface area contributed by atoms with Crippen molar-refractivity contribution in [2.75, 3.05) is 18.4 Å². The fraction of sp³-hybridized carbons (Fsp3) is 0.375. The monoisotopic (exact) mass is 303 g/mol. The topological polar surface area (TPSA) is 54.0 Å². The number of carbonyl (C=O) groups is 1. The van der Waals surface area contributed by atoms with Crippen LogP contribution in [0.4, 0.5) is 5.69 Å². The maximum absolute atomic E-state index is 12.1. The first-order chi connectivity index (χ1) is 10.2. The van der Waals surface area contributed by atoms with Crippen LogP contribution in [0.5, 0.6) is 0 Å². The second-order valence-electron chi connectivity index (χ2n) is 5.44. The van der Waals surface area contributed by atoms with Crippen molar-refractivity contribution < 1.29 is 4.79 Å². The summed E-state index contributed by atoms with van der Waals surface area (Å²) in [6.07, 6.45) is 4.35. The highest BCUT2D eigenvalue weighted by atomic mass is 35.5. The minimum absolute atomic E-state index is 0.0503. The molecule has 1 amide bonds. The average Bonchev–Trinajstić information content (AvgIpc) is 3.02. The molecule has 0 spiro atoms. The van der Waals surface area contributed by atoms with Crippen molar-refractivity contribution in [3.8, 4) is 0 Å². The van der Waals surface area contributed by atoms with Gasteiger partial charge in [-0.15, -0.1) is 0 Å². The van der Waals surface area contributed by atoms with Gasteiger partial charge in [0.15, 0.2) is 0 Å². The standard InChI is InChI=1S/C16H18ClN3O/c17-13-4-5-14(12-2-1-8-19-16(12)13)20-15(21)6-3-11-7-9-18-10-11/h1-2,4-5,8,11,18H,3,6-7,9-10H2,(H,20,21). The lowest BCUT2D eigenvalue weighted by Gasteiger charge is -2.11. The Morgan fingerprint density at radius 1 is 1.43 bits per heavy atom. The summed E-state index contributed by atoms with van der Waals surface area (Å²) in [6, 6.07) is 7.37. The molecule has 1 fully saturated rings. The highest BCUT2D eigenvalue weighted by Gasteiger charge is 2.16. The lowest BCUT2D eigenvalue weighted by atomic mass is 10.0. The number of nitrogens with zero attached hydrogens (tertiary/aromatic N) is 1. The molecule has 0 bridgehead atoms. The fourth-order valence-electron chi connectivity index (χ4n) is 2.76. The van der Waals surface area contributed by atoms with E-state index in [-0.39, 0.29) is 5.91 Å². The minimum atomic E-state index is 0.0503. The summed E-state index contributed by atoms with van der Waals surface area (Å²) >= 11 is 6.13. The van der Waals surface area contributed by atoms with Crippen molar-refractivity contribution in [1.29, 1.82) is 0 Å². The van der Waals surface area contributed by atoms with Gasteiger partial charge in [0.1, 0.15) is 0 Å². The zero-order valence-electron chi connectivity index (χ0n) is 11.7. The van der Waals surface area contributed by atoms with Gasteiger partial charge in [0.2, 0.25) is 5.91 Å². The average molecular weight is 304 g/mol. The zero-order valence-corrected chi connectivity index (χ0v) is 12.5. The predicted octanol–water partition coefficient (Wildman–Crippen LogP) is 3.22. The van der Waals surface area contributed by atoms with E-state index >= 15 is 0 Å². The van der Waals surface area contributed by atoms with Gasteiger partial charge in [0.05, 0.1) is 16.2 Å². The molecule has 3 rings (SSSR count). The number of halogens is 1. The van der Waals surface area contributed by atoms with Gasteiger partial charge < -0.3 is 10.6 Å². The van der Waals surface area contributed by atoms with Crippen molar-refractivity contribution in [3.63, 3.8) is 0 Å². The van der Waals surface area contributed by atoms with Crippen LogP contribution in [0, 0.1) is 5.92 Å². The van der Waals surface area contributed by atoms with Crippen LogP contribution in [0.15, 0.2) is 30.5 Å². The molecule has 0 aliphatic carbocycles. The number of hydrogen-bond acceptors (Lipinski definition) is 3. The number of aromatic nitrogens is 1. The summed E-state index contributed by atoms with van der Waals surface area (Å²) in [4.78, 5) is 16.4.